The molecule has 0 aromatic carbocycles. The number of hydrogen-bond donors (Lipinski definition) is 2. The lowest BCUT2D eigenvalue weighted by Crippen LogP contribution is -2.97. The van der Waals surface area contributed by atoms with E-state index in [2.05, 4.69) is 0 Å². The first-order valence-electron chi connectivity index (χ1n) is 5.21. The topological polar surface area (TPSA) is 105 Å². The van der Waals surface area contributed by atoms with Crippen LogP contribution in [0.1, 0.15) is 6.42 Å². The number of aliphatic hydroxyl groups is 1. The van der Waals surface area contributed by atoms with Gasteiger partial charge in [-0.25, -0.2) is 16.8 Å². The quantitative estimate of drug-likeness (QED) is 0.553. The van der Waals surface area contributed by atoms with Crippen LogP contribution in [0.2, 0.25) is 0 Å². The lowest BCUT2D eigenvalue weighted by Gasteiger charge is -2.15. The molecule has 6 nitrogen and oxygen atoms in total. The first-order valence-corrected chi connectivity index (χ1v) is 8.86. The second-order valence-electron chi connectivity index (χ2n) is 4.66. The van der Waals surface area contributed by atoms with Crippen LogP contribution in [0.4, 0.5) is 0 Å². The Bertz CT molecular complexity index is 469. The molecule has 2 aliphatic rings. The summed E-state index contributed by atoms with van der Waals surface area (Å²) in [6, 6.07) is -0.499. The zero-order chi connectivity index (χ0) is 12.0. The fourth-order valence-electron chi connectivity index (χ4n) is 2.37. The molecule has 0 spiro atoms. The number of hydrogen-bond acceptors (Lipinski definition) is 5. The molecule has 3 N–H and O–H groups in total. The van der Waals surface area contributed by atoms with E-state index >= 15 is 0 Å². The zero-order valence-electron chi connectivity index (χ0n) is 8.74. The third-order valence-electron chi connectivity index (χ3n) is 3.15. The van der Waals surface area contributed by atoms with Crippen molar-refractivity contribution in [3.8, 4) is 0 Å². The normalized spacial score (nSPS) is 41.2. The highest BCUT2D eigenvalue weighted by molar-refractivity contribution is 7.92. The smallest absolute Gasteiger partial charge is 0.159 e. The molecule has 0 radical (unpaired) electrons. The summed E-state index contributed by atoms with van der Waals surface area (Å²) in [6.45, 7) is 0. The van der Waals surface area contributed by atoms with E-state index in [1.54, 1.807) is 5.32 Å². The summed E-state index contributed by atoms with van der Waals surface area (Å²) in [5.41, 5.74) is 0. The summed E-state index contributed by atoms with van der Waals surface area (Å²) < 4.78 is 45.0. The van der Waals surface area contributed by atoms with Gasteiger partial charge in [-0.3, -0.25) is 0 Å². The van der Waals surface area contributed by atoms with Gasteiger partial charge in [-0.1, -0.05) is 0 Å². The molecule has 3 atom stereocenters. The third kappa shape index (κ3) is 2.73. The van der Waals surface area contributed by atoms with Crippen molar-refractivity contribution in [2.24, 2.45) is 0 Å². The van der Waals surface area contributed by atoms with Crippen LogP contribution in [0.3, 0.4) is 0 Å². The second kappa shape index (κ2) is 3.94. The summed E-state index contributed by atoms with van der Waals surface area (Å²) >= 11 is 0. The minimum absolute atomic E-state index is 0.0509. The standard InChI is InChI=1S/C8H15NO5S2/c10-8-5-16(13,14)4-7(8)9-6-1-2-15(11,12)3-6/h6-10H,1-5H2/p+1/t6-,7-,8+/m1/s1. The van der Waals surface area contributed by atoms with Crippen molar-refractivity contribution in [3.63, 3.8) is 0 Å². The van der Waals surface area contributed by atoms with Crippen molar-refractivity contribution in [1.29, 1.82) is 0 Å². The van der Waals surface area contributed by atoms with E-state index in [0.717, 1.165) is 0 Å². The van der Waals surface area contributed by atoms with Crippen LogP contribution in [0.15, 0.2) is 0 Å². The highest BCUT2D eigenvalue weighted by atomic mass is 32.2. The Labute approximate surface area is 94.9 Å². The maximum atomic E-state index is 11.3. The predicted octanol–water partition coefficient (Wildman–Crippen LogP) is -3.11. The molecule has 2 aliphatic heterocycles. The van der Waals surface area contributed by atoms with Crippen LogP contribution in [0, 0.1) is 0 Å². The van der Waals surface area contributed by atoms with Crippen LogP contribution in [-0.4, -0.2) is 63.1 Å². The Morgan fingerprint density at radius 2 is 1.69 bits per heavy atom. The fraction of sp³-hybridized carbons (Fsp3) is 1.00. The van der Waals surface area contributed by atoms with Crippen LogP contribution in [0.25, 0.3) is 0 Å². The number of nitrogens with two attached hydrogens (primary N) is 1. The summed E-state index contributed by atoms with van der Waals surface area (Å²) in [5, 5.41) is 11.3. The Hall–Kier alpha value is -0.180. The molecule has 8 heteroatoms. The zero-order valence-corrected chi connectivity index (χ0v) is 10.4. The minimum atomic E-state index is -3.15. The van der Waals surface area contributed by atoms with Crippen LogP contribution in [0.5, 0.6) is 0 Å². The Morgan fingerprint density at radius 3 is 2.12 bits per heavy atom. The van der Waals surface area contributed by atoms with Gasteiger partial charge in [0.05, 0.1) is 11.5 Å². The highest BCUT2D eigenvalue weighted by Gasteiger charge is 2.42. The number of quaternary nitrogens is 1. The summed E-state index contributed by atoms with van der Waals surface area (Å²) in [4.78, 5) is 0. The van der Waals surface area contributed by atoms with E-state index < -0.39 is 31.8 Å². The summed E-state index contributed by atoms with van der Waals surface area (Å²) in [5.74, 6) is 0.0123. The molecule has 0 amide bonds. The number of sulfone groups is 2. The SMILES string of the molecule is O=S1(=O)CC[C@@H]([NH2+][C@@H]2CS(=O)(=O)C[C@@H]2O)C1. The van der Waals surface area contributed by atoms with Gasteiger partial charge in [0, 0.05) is 6.42 Å². The molecule has 2 saturated heterocycles. The van der Waals surface area contributed by atoms with E-state index in [4.69, 9.17) is 0 Å². The van der Waals surface area contributed by atoms with Crippen molar-refractivity contribution in [1.82, 2.24) is 0 Å². The van der Waals surface area contributed by atoms with Gasteiger partial charge in [0.1, 0.15) is 29.7 Å². The van der Waals surface area contributed by atoms with Gasteiger partial charge in [-0.15, -0.1) is 0 Å². The predicted molar refractivity (Wildman–Crippen MR) is 57.4 cm³/mol. The molecule has 0 bridgehead atoms. The van der Waals surface area contributed by atoms with Crippen LogP contribution in [-0.2, 0) is 19.7 Å². The molecule has 2 rings (SSSR count). The monoisotopic (exact) mass is 270 g/mol. The van der Waals surface area contributed by atoms with E-state index in [0.29, 0.717) is 6.42 Å². The Morgan fingerprint density at radius 1 is 1.00 bits per heavy atom. The van der Waals surface area contributed by atoms with Crippen molar-refractivity contribution in [2.75, 3.05) is 23.0 Å². The lowest BCUT2D eigenvalue weighted by atomic mass is 10.1. The van der Waals surface area contributed by atoms with E-state index in [-0.39, 0.29) is 29.1 Å². The fourth-order valence-corrected chi connectivity index (χ4v) is 5.95. The number of rotatable bonds is 2. The first-order chi connectivity index (χ1) is 7.27. The Balaban J connectivity index is 1.97. The molecule has 94 valence electrons. The molecule has 2 heterocycles. The summed E-state index contributed by atoms with van der Waals surface area (Å²) in [6.07, 6.45) is -0.320. The molecule has 16 heavy (non-hydrogen) atoms. The second-order valence-corrected chi connectivity index (χ2v) is 9.05. The van der Waals surface area contributed by atoms with Gasteiger partial charge in [-0.05, 0) is 0 Å². The molecule has 0 aliphatic carbocycles. The van der Waals surface area contributed by atoms with E-state index in [1.165, 1.54) is 0 Å². The van der Waals surface area contributed by atoms with Gasteiger partial charge in [-0.2, -0.15) is 0 Å². The molecule has 0 saturated carbocycles. The van der Waals surface area contributed by atoms with E-state index in [1.807, 2.05) is 0 Å². The van der Waals surface area contributed by atoms with Crippen LogP contribution < -0.4 is 5.32 Å². The first kappa shape index (κ1) is 12.3. The van der Waals surface area contributed by atoms with Crippen molar-refractivity contribution in [3.05, 3.63) is 0 Å². The molecule has 0 unspecified atom stereocenters. The van der Waals surface area contributed by atoms with Gasteiger partial charge in [0.2, 0.25) is 0 Å². The molecule has 0 aromatic heterocycles. The highest BCUT2D eigenvalue weighted by Crippen LogP contribution is 2.12. The van der Waals surface area contributed by atoms with Crippen molar-refractivity contribution < 1.29 is 27.3 Å². The van der Waals surface area contributed by atoms with Gasteiger partial charge >= 0.3 is 0 Å². The lowest BCUT2D eigenvalue weighted by molar-refractivity contribution is -0.717. The maximum absolute atomic E-state index is 11.3. The average molecular weight is 270 g/mol. The molecule has 2 fully saturated rings. The van der Waals surface area contributed by atoms with Crippen molar-refractivity contribution >= 4 is 19.7 Å². The Kier molecular flexibility index (Phi) is 3.02. The molecule has 0 aromatic rings. The van der Waals surface area contributed by atoms with Gasteiger partial charge < -0.3 is 10.4 Å². The molecular formula is C8H16NO5S2+. The maximum Gasteiger partial charge on any atom is 0.159 e. The minimum Gasteiger partial charge on any atom is -0.386 e. The van der Waals surface area contributed by atoms with Crippen molar-refractivity contribution in [2.45, 2.75) is 24.6 Å². The van der Waals surface area contributed by atoms with E-state index in [9.17, 15) is 21.9 Å². The molecular weight excluding hydrogens is 254 g/mol. The summed E-state index contributed by atoms with van der Waals surface area (Å²) in [7, 11) is -6.09. The van der Waals surface area contributed by atoms with Gasteiger partial charge in [0.15, 0.2) is 19.7 Å². The van der Waals surface area contributed by atoms with Crippen LogP contribution >= 0.6 is 0 Å². The van der Waals surface area contributed by atoms with Gasteiger partial charge in [0.25, 0.3) is 0 Å². The largest absolute Gasteiger partial charge is 0.386 e. The number of aliphatic hydroxyl groups excluding tert-OH is 1. The third-order valence-corrected chi connectivity index (χ3v) is 6.69. The average Bonchev–Trinajstić information content (AvgIpc) is 2.53.